The molecule has 0 heterocycles. The molecule has 0 aromatic heterocycles. The van der Waals surface area contributed by atoms with Crippen molar-refractivity contribution < 1.29 is 13.5 Å². The molecule has 1 aromatic carbocycles. The van der Waals surface area contributed by atoms with E-state index in [-0.39, 0.29) is 11.8 Å². The lowest BCUT2D eigenvalue weighted by atomic mass is 10.1. The Bertz CT molecular complexity index is 274. The van der Waals surface area contributed by atoms with Crippen LogP contribution in [0.15, 0.2) is 24.3 Å². The number of benzene rings is 1. The van der Waals surface area contributed by atoms with Crippen molar-refractivity contribution in [2.75, 3.05) is 0 Å². The molecule has 14 heavy (non-hydrogen) atoms. The summed E-state index contributed by atoms with van der Waals surface area (Å²) in [5, 5.41) is 0. The molecule has 78 valence electrons. The van der Waals surface area contributed by atoms with Gasteiger partial charge in [-0.3, -0.25) is 0 Å². The van der Waals surface area contributed by atoms with Gasteiger partial charge in [0.15, 0.2) is 0 Å². The minimum absolute atomic E-state index is 0.0457. The third kappa shape index (κ3) is 2.96. The molecular weight excluding hydrogens is 188 g/mol. The van der Waals surface area contributed by atoms with E-state index >= 15 is 0 Å². The van der Waals surface area contributed by atoms with Crippen LogP contribution in [0.5, 0.6) is 5.75 Å². The first kappa shape index (κ1) is 10.9. The third-order valence-electron chi connectivity index (χ3n) is 1.97. The molecule has 0 aliphatic heterocycles. The highest BCUT2D eigenvalue weighted by atomic mass is 19.3. The van der Waals surface area contributed by atoms with E-state index in [1.54, 1.807) is 12.1 Å². The predicted octanol–water partition coefficient (Wildman–Crippen LogP) is 2.70. The van der Waals surface area contributed by atoms with Gasteiger partial charge in [-0.15, -0.1) is 0 Å². The lowest BCUT2D eigenvalue weighted by Crippen LogP contribution is -2.08. The molecule has 2 N–H and O–H groups in total. The SMILES string of the molecule is CC[C@@H](N)c1ccc(OC(F)F)cc1. The molecule has 0 fully saturated rings. The van der Waals surface area contributed by atoms with Crippen molar-refractivity contribution in [2.24, 2.45) is 5.73 Å². The number of hydrogen-bond acceptors (Lipinski definition) is 2. The monoisotopic (exact) mass is 201 g/mol. The molecule has 1 atom stereocenters. The highest BCUT2D eigenvalue weighted by molar-refractivity contribution is 5.28. The Kier molecular flexibility index (Phi) is 3.83. The van der Waals surface area contributed by atoms with Crippen molar-refractivity contribution in [2.45, 2.75) is 26.0 Å². The van der Waals surface area contributed by atoms with E-state index in [9.17, 15) is 8.78 Å². The summed E-state index contributed by atoms with van der Waals surface area (Å²) in [5.74, 6) is 0.159. The van der Waals surface area contributed by atoms with Gasteiger partial charge < -0.3 is 10.5 Å². The van der Waals surface area contributed by atoms with E-state index in [0.717, 1.165) is 12.0 Å². The zero-order valence-electron chi connectivity index (χ0n) is 7.91. The van der Waals surface area contributed by atoms with E-state index in [0.29, 0.717) is 0 Å². The van der Waals surface area contributed by atoms with E-state index < -0.39 is 6.61 Å². The standard InChI is InChI=1S/C10H13F2NO/c1-2-9(13)7-3-5-8(6-4-7)14-10(11)12/h3-6,9-10H,2,13H2,1H3/t9-/m1/s1. The molecule has 0 saturated carbocycles. The number of ether oxygens (including phenoxy) is 1. The number of rotatable bonds is 4. The zero-order chi connectivity index (χ0) is 10.6. The molecule has 4 heteroatoms. The predicted molar refractivity (Wildman–Crippen MR) is 50.3 cm³/mol. The first-order valence-electron chi connectivity index (χ1n) is 4.43. The van der Waals surface area contributed by atoms with Gasteiger partial charge in [-0.05, 0) is 24.1 Å². The highest BCUT2D eigenvalue weighted by Crippen LogP contribution is 2.19. The third-order valence-corrected chi connectivity index (χ3v) is 1.97. The smallest absolute Gasteiger partial charge is 0.387 e. The van der Waals surface area contributed by atoms with E-state index in [4.69, 9.17) is 5.73 Å². The second kappa shape index (κ2) is 4.91. The minimum Gasteiger partial charge on any atom is -0.435 e. The maximum Gasteiger partial charge on any atom is 0.387 e. The molecule has 0 unspecified atom stereocenters. The first-order chi connectivity index (χ1) is 6.63. The molecule has 1 rings (SSSR count). The zero-order valence-corrected chi connectivity index (χ0v) is 7.91. The van der Waals surface area contributed by atoms with Gasteiger partial charge in [0, 0.05) is 6.04 Å². The second-order valence-electron chi connectivity index (χ2n) is 2.96. The van der Waals surface area contributed by atoms with Crippen molar-refractivity contribution in [3.8, 4) is 5.75 Å². The van der Waals surface area contributed by atoms with Gasteiger partial charge in [-0.1, -0.05) is 19.1 Å². The second-order valence-corrected chi connectivity index (χ2v) is 2.96. The van der Waals surface area contributed by atoms with Crippen LogP contribution in [0.2, 0.25) is 0 Å². The topological polar surface area (TPSA) is 35.2 Å². The van der Waals surface area contributed by atoms with Crippen molar-refractivity contribution in [3.63, 3.8) is 0 Å². The summed E-state index contributed by atoms with van der Waals surface area (Å²) in [4.78, 5) is 0. The number of nitrogens with two attached hydrogens (primary N) is 1. The maximum atomic E-state index is 11.8. The summed E-state index contributed by atoms with van der Waals surface area (Å²) in [6.45, 7) is -0.811. The number of alkyl halides is 2. The van der Waals surface area contributed by atoms with Crippen molar-refractivity contribution in [3.05, 3.63) is 29.8 Å². The van der Waals surface area contributed by atoms with Crippen LogP contribution in [0.3, 0.4) is 0 Å². The molecule has 0 amide bonds. The lowest BCUT2D eigenvalue weighted by molar-refractivity contribution is -0.0498. The molecule has 0 aliphatic carbocycles. The van der Waals surface area contributed by atoms with Gasteiger partial charge >= 0.3 is 6.61 Å². The molecule has 0 radical (unpaired) electrons. The Labute approximate surface area is 81.7 Å². The van der Waals surface area contributed by atoms with Gasteiger partial charge in [-0.25, -0.2) is 0 Å². The fourth-order valence-electron chi connectivity index (χ4n) is 1.13. The van der Waals surface area contributed by atoms with Crippen LogP contribution in [0.1, 0.15) is 24.9 Å². The summed E-state index contributed by atoms with van der Waals surface area (Å²) in [5.41, 5.74) is 6.68. The van der Waals surface area contributed by atoms with Crippen LogP contribution in [-0.4, -0.2) is 6.61 Å². The fraction of sp³-hybridized carbons (Fsp3) is 0.400. The maximum absolute atomic E-state index is 11.8. The summed E-state index contributed by atoms with van der Waals surface area (Å²) in [6, 6.07) is 6.35. The number of halogens is 2. The van der Waals surface area contributed by atoms with Crippen molar-refractivity contribution in [1.29, 1.82) is 0 Å². The van der Waals surface area contributed by atoms with Crippen LogP contribution in [-0.2, 0) is 0 Å². The van der Waals surface area contributed by atoms with Gasteiger partial charge in [-0.2, -0.15) is 8.78 Å². The summed E-state index contributed by atoms with van der Waals surface area (Å²) in [6.07, 6.45) is 0.815. The van der Waals surface area contributed by atoms with Crippen LogP contribution in [0.4, 0.5) is 8.78 Å². The Morgan fingerprint density at radius 1 is 1.29 bits per heavy atom. The van der Waals surface area contributed by atoms with Gasteiger partial charge in [0.2, 0.25) is 0 Å². The quantitative estimate of drug-likeness (QED) is 0.812. The highest BCUT2D eigenvalue weighted by Gasteiger charge is 2.06. The fourth-order valence-corrected chi connectivity index (χ4v) is 1.13. The number of hydrogen-bond donors (Lipinski definition) is 1. The van der Waals surface area contributed by atoms with Crippen LogP contribution in [0.25, 0.3) is 0 Å². The van der Waals surface area contributed by atoms with Crippen LogP contribution < -0.4 is 10.5 Å². The van der Waals surface area contributed by atoms with Crippen LogP contribution >= 0.6 is 0 Å². The molecule has 2 nitrogen and oxygen atoms in total. The summed E-state index contributed by atoms with van der Waals surface area (Å²) in [7, 11) is 0. The molecular formula is C10H13F2NO. The van der Waals surface area contributed by atoms with Gasteiger partial charge in [0.1, 0.15) is 5.75 Å². The van der Waals surface area contributed by atoms with E-state index in [2.05, 4.69) is 4.74 Å². The summed E-state index contributed by atoms with van der Waals surface area (Å²) >= 11 is 0. The largest absolute Gasteiger partial charge is 0.435 e. The molecule has 1 aromatic rings. The van der Waals surface area contributed by atoms with Crippen LogP contribution in [0, 0.1) is 0 Å². The minimum atomic E-state index is -2.78. The Morgan fingerprint density at radius 2 is 1.86 bits per heavy atom. The Hall–Kier alpha value is -1.16. The van der Waals surface area contributed by atoms with Gasteiger partial charge in [0.05, 0.1) is 0 Å². The molecule has 0 spiro atoms. The molecule has 0 saturated heterocycles. The molecule has 0 bridgehead atoms. The Balaban J connectivity index is 2.68. The average molecular weight is 201 g/mol. The van der Waals surface area contributed by atoms with E-state index in [1.165, 1.54) is 12.1 Å². The Morgan fingerprint density at radius 3 is 2.29 bits per heavy atom. The van der Waals surface area contributed by atoms with E-state index in [1.807, 2.05) is 6.92 Å². The van der Waals surface area contributed by atoms with Gasteiger partial charge in [0.25, 0.3) is 0 Å². The van der Waals surface area contributed by atoms with Crippen molar-refractivity contribution >= 4 is 0 Å². The lowest BCUT2D eigenvalue weighted by Gasteiger charge is -2.10. The molecule has 0 aliphatic rings. The first-order valence-corrected chi connectivity index (χ1v) is 4.43. The van der Waals surface area contributed by atoms with Crippen molar-refractivity contribution in [1.82, 2.24) is 0 Å². The average Bonchev–Trinajstić information content (AvgIpc) is 2.17. The summed E-state index contributed by atoms with van der Waals surface area (Å²) < 4.78 is 27.8. The normalized spacial score (nSPS) is 12.9.